The minimum Gasteiger partial charge on any atom is -0.333 e. The largest absolute Gasteiger partial charge is 0.333 e. The van der Waals surface area contributed by atoms with Gasteiger partial charge in [0, 0.05) is 15.1 Å². The Bertz CT molecular complexity index is 845. The predicted octanol–water partition coefficient (Wildman–Crippen LogP) is 7.02. The molecule has 5 heteroatoms. The molecule has 0 spiro atoms. The van der Waals surface area contributed by atoms with Gasteiger partial charge in [-0.3, -0.25) is 0 Å². The summed E-state index contributed by atoms with van der Waals surface area (Å²) in [6.45, 7) is 2.25. The standard InChI is InChI=1S/C24H25BCl3.C4H12N/c1-2-3-4-5-18-25(19-6-12-22(26)13-7-19,20-8-14-23(27)15-9-20)21-10-16-24(28)17-11-21;1-5(2,3)4/h6-17H,2-5,18H2,1H3;1-4H3/q-1;+1. The van der Waals surface area contributed by atoms with E-state index in [-0.39, 0.29) is 0 Å². The number of nitrogens with zero attached hydrogens (tertiary/aromatic N) is 1. The van der Waals surface area contributed by atoms with E-state index in [4.69, 9.17) is 34.8 Å². The molecule has 0 unspecified atom stereocenters. The lowest BCUT2D eigenvalue weighted by molar-refractivity contribution is -0.849. The highest BCUT2D eigenvalue weighted by atomic mass is 35.5. The van der Waals surface area contributed by atoms with Crippen LogP contribution in [0.2, 0.25) is 21.4 Å². The normalized spacial score (nSPS) is 11.6. The van der Waals surface area contributed by atoms with Crippen molar-refractivity contribution in [3.8, 4) is 0 Å². The SMILES string of the molecule is CCCCCC[B-](c1ccc(Cl)cc1)(c1ccc(Cl)cc1)c1ccc(Cl)cc1.C[N+](C)(C)C. The van der Waals surface area contributed by atoms with E-state index in [1.807, 2.05) is 36.4 Å². The van der Waals surface area contributed by atoms with Crippen molar-refractivity contribution in [3.63, 3.8) is 0 Å². The second-order valence-electron chi connectivity index (χ2n) is 10.2. The number of unbranched alkanes of at least 4 members (excludes halogenated alkanes) is 3. The van der Waals surface area contributed by atoms with Crippen molar-refractivity contribution < 1.29 is 4.48 Å². The Hall–Kier alpha value is -1.45. The van der Waals surface area contributed by atoms with Crippen LogP contribution in [0.5, 0.6) is 0 Å². The number of hydrogen-bond acceptors (Lipinski definition) is 0. The van der Waals surface area contributed by atoms with Gasteiger partial charge in [0.15, 0.2) is 0 Å². The van der Waals surface area contributed by atoms with E-state index in [0.717, 1.165) is 25.9 Å². The van der Waals surface area contributed by atoms with Crippen LogP contribution in [-0.2, 0) is 0 Å². The zero-order chi connectivity index (χ0) is 24.5. The van der Waals surface area contributed by atoms with Crippen molar-refractivity contribution in [2.45, 2.75) is 38.9 Å². The third-order valence-corrected chi connectivity index (χ3v) is 6.56. The van der Waals surface area contributed by atoms with Crippen LogP contribution in [0, 0.1) is 0 Å². The number of rotatable bonds is 8. The molecule has 0 saturated heterocycles. The molecule has 0 radical (unpaired) electrons. The fourth-order valence-corrected chi connectivity index (χ4v) is 4.71. The lowest BCUT2D eigenvalue weighted by Crippen LogP contribution is -2.66. The van der Waals surface area contributed by atoms with E-state index in [9.17, 15) is 0 Å². The summed E-state index contributed by atoms with van der Waals surface area (Å²) in [4.78, 5) is 0. The lowest BCUT2D eigenvalue weighted by Gasteiger charge is -2.43. The monoisotopic (exact) mass is 503 g/mol. The van der Waals surface area contributed by atoms with Gasteiger partial charge in [-0.2, -0.15) is 22.7 Å². The topological polar surface area (TPSA) is 0 Å². The summed E-state index contributed by atoms with van der Waals surface area (Å²) in [7, 11) is 8.50. The molecule has 0 bridgehead atoms. The van der Waals surface area contributed by atoms with Crippen molar-refractivity contribution in [2.75, 3.05) is 28.2 Å². The minimum absolute atomic E-state index is 0.756. The molecule has 3 aromatic rings. The lowest BCUT2D eigenvalue weighted by atomic mass is 9.14. The van der Waals surface area contributed by atoms with Crippen LogP contribution in [0.25, 0.3) is 0 Å². The van der Waals surface area contributed by atoms with Crippen LogP contribution >= 0.6 is 34.8 Å². The van der Waals surface area contributed by atoms with E-state index in [2.05, 4.69) is 71.5 Å². The quantitative estimate of drug-likeness (QED) is 0.176. The molecule has 3 aromatic carbocycles. The highest BCUT2D eigenvalue weighted by molar-refractivity contribution is 7.11. The first-order valence-corrected chi connectivity index (χ1v) is 12.9. The summed E-state index contributed by atoms with van der Waals surface area (Å²) < 4.78 is 1.00. The first-order chi connectivity index (χ1) is 15.6. The zero-order valence-electron chi connectivity index (χ0n) is 20.6. The van der Waals surface area contributed by atoms with Crippen LogP contribution < -0.4 is 16.4 Å². The van der Waals surface area contributed by atoms with Gasteiger partial charge in [-0.15, -0.1) is 0 Å². The summed E-state index contributed by atoms with van der Waals surface area (Å²) in [5.41, 5.74) is 3.89. The summed E-state index contributed by atoms with van der Waals surface area (Å²) in [6.07, 6.45) is 4.81. The maximum atomic E-state index is 6.21. The molecular formula is C28H37BCl3N. The Morgan fingerprint density at radius 3 is 1.12 bits per heavy atom. The molecule has 0 aromatic heterocycles. The molecular weight excluding hydrogens is 467 g/mol. The Labute approximate surface area is 216 Å². The third kappa shape index (κ3) is 8.69. The van der Waals surface area contributed by atoms with Gasteiger partial charge in [-0.25, -0.2) is 0 Å². The fraction of sp³-hybridized carbons (Fsp3) is 0.357. The van der Waals surface area contributed by atoms with E-state index in [1.54, 1.807) is 0 Å². The number of halogens is 3. The Kier molecular flexibility index (Phi) is 10.8. The second-order valence-corrected chi connectivity index (χ2v) is 11.5. The van der Waals surface area contributed by atoms with Gasteiger partial charge in [0.05, 0.1) is 34.3 Å². The van der Waals surface area contributed by atoms with Crippen molar-refractivity contribution in [1.29, 1.82) is 0 Å². The maximum Gasteiger partial charge on any atom is 0.0814 e. The Balaban J connectivity index is 0.000000696. The van der Waals surface area contributed by atoms with Gasteiger partial charge in [0.1, 0.15) is 0 Å². The molecule has 1 nitrogen and oxygen atoms in total. The molecule has 0 atom stereocenters. The first kappa shape index (κ1) is 27.8. The second kappa shape index (κ2) is 12.9. The molecule has 3 rings (SSSR count). The minimum atomic E-state index is -1.15. The molecule has 0 fully saturated rings. The molecule has 0 heterocycles. The molecule has 178 valence electrons. The Morgan fingerprint density at radius 1 is 0.545 bits per heavy atom. The average molecular weight is 505 g/mol. The number of hydrogen-bond donors (Lipinski definition) is 0. The predicted molar refractivity (Wildman–Crippen MR) is 152 cm³/mol. The van der Waals surface area contributed by atoms with Crippen LogP contribution in [0.4, 0.5) is 0 Å². The van der Waals surface area contributed by atoms with Gasteiger partial charge in [0.25, 0.3) is 0 Å². The molecule has 33 heavy (non-hydrogen) atoms. The third-order valence-electron chi connectivity index (χ3n) is 5.81. The number of benzene rings is 3. The summed E-state index contributed by atoms with van der Waals surface area (Å²) in [6, 6.07) is 25.0. The van der Waals surface area contributed by atoms with Crippen LogP contribution in [0.1, 0.15) is 32.6 Å². The smallest absolute Gasteiger partial charge is 0.0814 e. The van der Waals surface area contributed by atoms with E-state index in [0.29, 0.717) is 0 Å². The van der Waals surface area contributed by atoms with Crippen molar-refractivity contribution >= 4 is 57.3 Å². The summed E-state index contributed by atoms with van der Waals surface area (Å²) >= 11 is 18.6. The Morgan fingerprint density at radius 2 is 0.848 bits per heavy atom. The van der Waals surface area contributed by atoms with Crippen molar-refractivity contribution in [2.24, 2.45) is 0 Å². The van der Waals surface area contributed by atoms with Crippen molar-refractivity contribution in [1.82, 2.24) is 0 Å². The van der Waals surface area contributed by atoms with Gasteiger partial charge in [-0.1, -0.05) is 104 Å². The zero-order valence-corrected chi connectivity index (χ0v) is 22.9. The summed E-state index contributed by atoms with van der Waals surface area (Å²) in [5.74, 6) is 0. The maximum absolute atomic E-state index is 6.21. The number of quaternary nitrogens is 1. The average Bonchev–Trinajstić information content (AvgIpc) is 2.75. The van der Waals surface area contributed by atoms with Gasteiger partial charge in [-0.05, 0) is 36.4 Å². The van der Waals surface area contributed by atoms with Crippen molar-refractivity contribution in [3.05, 3.63) is 87.9 Å². The van der Waals surface area contributed by atoms with E-state index < -0.39 is 6.15 Å². The summed E-state index contributed by atoms with van der Waals surface area (Å²) in [5, 5.41) is 2.27. The highest BCUT2D eigenvalue weighted by Crippen LogP contribution is 2.20. The van der Waals surface area contributed by atoms with E-state index >= 15 is 0 Å². The van der Waals surface area contributed by atoms with Crippen LogP contribution in [-0.4, -0.2) is 38.8 Å². The molecule has 0 N–H and O–H groups in total. The first-order valence-electron chi connectivity index (χ1n) is 11.8. The molecule has 0 aliphatic rings. The molecule has 0 amide bonds. The van der Waals surface area contributed by atoms with Gasteiger partial charge >= 0.3 is 0 Å². The fourth-order valence-electron chi connectivity index (χ4n) is 4.33. The van der Waals surface area contributed by atoms with Crippen LogP contribution in [0.15, 0.2) is 72.8 Å². The van der Waals surface area contributed by atoms with Gasteiger partial charge in [0.2, 0.25) is 0 Å². The highest BCUT2D eigenvalue weighted by Gasteiger charge is 2.29. The molecule has 0 aliphatic carbocycles. The molecule has 0 saturated carbocycles. The molecule has 0 aliphatic heterocycles. The van der Waals surface area contributed by atoms with Gasteiger partial charge < -0.3 is 4.48 Å². The van der Waals surface area contributed by atoms with E-state index in [1.165, 1.54) is 42.1 Å². The van der Waals surface area contributed by atoms with Crippen LogP contribution in [0.3, 0.4) is 0 Å².